The lowest BCUT2D eigenvalue weighted by atomic mass is 10.1. The molecule has 6 heteroatoms. The first-order valence-corrected chi connectivity index (χ1v) is 9.03. The van der Waals surface area contributed by atoms with E-state index in [1.807, 2.05) is 6.07 Å². The van der Waals surface area contributed by atoms with Crippen molar-refractivity contribution in [3.8, 4) is 5.69 Å². The number of carbonyl (C=O) groups excluding carboxylic acids is 1. The zero-order valence-electron chi connectivity index (χ0n) is 14.7. The van der Waals surface area contributed by atoms with Gasteiger partial charge in [-0.15, -0.1) is 0 Å². The molecule has 0 saturated carbocycles. The smallest absolute Gasteiger partial charge is 0.292 e. The number of hydrogen-bond donors (Lipinski definition) is 0. The minimum absolute atomic E-state index is 0.176. The first-order chi connectivity index (χ1) is 13.6. The van der Waals surface area contributed by atoms with Crippen LogP contribution in [0.3, 0.4) is 0 Å². The van der Waals surface area contributed by atoms with Gasteiger partial charge in [-0.1, -0.05) is 60.1 Å². The van der Waals surface area contributed by atoms with E-state index < -0.39 is 11.2 Å². The minimum atomic E-state index is -0.588. The highest BCUT2D eigenvalue weighted by molar-refractivity contribution is 6.30. The van der Waals surface area contributed by atoms with E-state index in [9.17, 15) is 14.4 Å². The van der Waals surface area contributed by atoms with Crippen LogP contribution >= 0.6 is 11.6 Å². The normalized spacial score (nSPS) is 10.9. The van der Waals surface area contributed by atoms with E-state index in [1.165, 1.54) is 4.57 Å². The Bertz CT molecular complexity index is 1310. The van der Waals surface area contributed by atoms with Crippen molar-refractivity contribution in [2.45, 2.75) is 6.54 Å². The third-order valence-corrected chi connectivity index (χ3v) is 4.75. The van der Waals surface area contributed by atoms with Crippen LogP contribution in [0, 0.1) is 0 Å². The van der Waals surface area contributed by atoms with Gasteiger partial charge in [-0.2, -0.15) is 0 Å². The summed E-state index contributed by atoms with van der Waals surface area (Å²) in [7, 11) is 0. The topological polar surface area (TPSA) is 61.1 Å². The molecule has 0 saturated heterocycles. The van der Waals surface area contributed by atoms with Crippen LogP contribution in [0.15, 0.2) is 88.5 Å². The predicted octanol–water partition coefficient (Wildman–Crippen LogP) is 3.69. The number of benzene rings is 3. The van der Waals surface area contributed by atoms with Gasteiger partial charge in [0.25, 0.3) is 5.56 Å². The zero-order chi connectivity index (χ0) is 19.7. The molecule has 28 heavy (non-hydrogen) atoms. The van der Waals surface area contributed by atoms with E-state index >= 15 is 0 Å². The summed E-state index contributed by atoms with van der Waals surface area (Å²) in [5.41, 5.74) is 0.231. The maximum Gasteiger partial charge on any atom is 0.336 e. The Balaban J connectivity index is 1.97. The summed E-state index contributed by atoms with van der Waals surface area (Å²) in [6, 6.07) is 22.0. The number of ketones is 1. The molecule has 0 aliphatic heterocycles. The van der Waals surface area contributed by atoms with E-state index in [-0.39, 0.29) is 12.3 Å². The molecule has 0 bridgehead atoms. The van der Waals surface area contributed by atoms with E-state index in [2.05, 4.69) is 0 Å². The van der Waals surface area contributed by atoms with Crippen molar-refractivity contribution in [3.05, 3.63) is 110 Å². The number of para-hydroxylation sites is 1. The summed E-state index contributed by atoms with van der Waals surface area (Å²) in [5, 5.41) is 0.756. The Morgan fingerprint density at radius 2 is 1.57 bits per heavy atom. The minimum Gasteiger partial charge on any atom is -0.292 e. The third-order valence-electron chi connectivity index (χ3n) is 4.51. The van der Waals surface area contributed by atoms with Crippen LogP contribution in [-0.4, -0.2) is 14.9 Å². The van der Waals surface area contributed by atoms with E-state index in [1.54, 1.807) is 72.8 Å². The number of hydrogen-bond acceptors (Lipinski definition) is 3. The fourth-order valence-electron chi connectivity index (χ4n) is 3.18. The van der Waals surface area contributed by atoms with Gasteiger partial charge in [-0.25, -0.2) is 9.36 Å². The Morgan fingerprint density at radius 1 is 0.857 bits per heavy atom. The molecule has 0 N–H and O–H groups in total. The Labute approximate surface area is 165 Å². The average Bonchev–Trinajstić information content (AvgIpc) is 2.72. The molecule has 3 aromatic carbocycles. The highest BCUT2D eigenvalue weighted by Gasteiger charge is 2.17. The molecule has 0 aliphatic carbocycles. The van der Waals surface area contributed by atoms with Crippen LogP contribution in [0.5, 0.6) is 0 Å². The van der Waals surface area contributed by atoms with E-state index in [0.717, 1.165) is 4.57 Å². The highest BCUT2D eigenvalue weighted by Crippen LogP contribution is 2.15. The third kappa shape index (κ3) is 3.17. The van der Waals surface area contributed by atoms with E-state index in [4.69, 9.17) is 11.6 Å². The van der Waals surface area contributed by atoms with Crippen molar-refractivity contribution >= 4 is 28.3 Å². The number of rotatable bonds is 4. The van der Waals surface area contributed by atoms with Gasteiger partial charge in [0, 0.05) is 10.6 Å². The van der Waals surface area contributed by atoms with Crippen LogP contribution < -0.4 is 11.2 Å². The van der Waals surface area contributed by atoms with Crippen LogP contribution in [0.25, 0.3) is 16.6 Å². The predicted molar refractivity (Wildman–Crippen MR) is 110 cm³/mol. The molecule has 4 rings (SSSR count). The summed E-state index contributed by atoms with van der Waals surface area (Å²) in [5.74, 6) is -0.218. The van der Waals surface area contributed by atoms with Crippen LogP contribution in [0.4, 0.5) is 0 Å². The summed E-state index contributed by atoms with van der Waals surface area (Å²) in [6.45, 7) is -0.176. The molecule has 138 valence electrons. The van der Waals surface area contributed by atoms with Gasteiger partial charge in [0.1, 0.15) is 0 Å². The second-order valence-electron chi connectivity index (χ2n) is 6.30. The standard InChI is InChI=1S/C22H15ClN2O3/c23-16-9-6-10-17(13-16)25-21(27)18-11-4-5-12-19(18)24(22(25)28)14-20(26)15-7-2-1-3-8-15/h1-13H,14H2. The molecule has 0 aliphatic rings. The van der Waals surface area contributed by atoms with Crippen LogP contribution in [0.1, 0.15) is 10.4 Å². The van der Waals surface area contributed by atoms with Gasteiger partial charge in [-0.05, 0) is 30.3 Å². The number of Topliss-reactive ketones (excluding diaryl/α,β-unsaturated/α-hetero) is 1. The average molecular weight is 391 g/mol. The Hall–Kier alpha value is -3.44. The number of fused-ring (bicyclic) bond motifs is 1. The van der Waals surface area contributed by atoms with Gasteiger partial charge in [0.15, 0.2) is 5.78 Å². The summed E-state index contributed by atoms with van der Waals surface area (Å²) < 4.78 is 2.37. The molecular formula is C22H15ClN2O3. The molecule has 4 aromatic rings. The fraction of sp³-hybridized carbons (Fsp3) is 0.0455. The fourth-order valence-corrected chi connectivity index (χ4v) is 3.36. The van der Waals surface area contributed by atoms with Gasteiger partial charge in [0.05, 0.1) is 23.1 Å². The Morgan fingerprint density at radius 3 is 2.32 bits per heavy atom. The zero-order valence-corrected chi connectivity index (χ0v) is 15.5. The largest absolute Gasteiger partial charge is 0.336 e. The molecule has 0 radical (unpaired) electrons. The summed E-state index contributed by atoms with van der Waals surface area (Å²) in [4.78, 5) is 38.9. The second kappa shape index (κ2) is 7.29. The monoisotopic (exact) mass is 390 g/mol. The first-order valence-electron chi connectivity index (χ1n) is 8.65. The second-order valence-corrected chi connectivity index (χ2v) is 6.73. The lowest BCUT2D eigenvalue weighted by Crippen LogP contribution is -2.40. The van der Waals surface area contributed by atoms with Gasteiger partial charge < -0.3 is 0 Å². The van der Waals surface area contributed by atoms with Crippen molar-refractivity contribution in [2.24, 2.45) is 0 Å². The first kappa shape index (κ1) is 17.9. The number of nitrogens with zero attached hydrogens (tertiary/aromatic N) is 2. The molecule has 1 heterocycles. The highest BCUT2D eigenvalue weighted by atomic mass is 35.5. The summed E-state index contributed by atoms with van der Waals surface area (Å²) in [6.07, 6.45) is 0. The molecule has 0 atom stereocenters. The van der Waals surface area contributed by atoms with E-state index in [0.29, 0.717) is 27.2 Å². The van der Waals surface area contributed by atoms with Crippen molar-refractivity contribution in [3.63, 3.8) is 0 Å². The molecule has 0 spiro atoms. The van der Waals surface area contributed by atoms with Crippen LogP contribution in [-0.2, 0) is 6.54 Å². The van der Waals surface area contributed by atoms with Crippen LogP contribution in [0.2, 0.25) is 5.02 Å². The van der Waals surface area contributed by atoms with Crippen molar-refractivity contribution in [2.75, 3.05) is 0 Å². The van der Waals surface area contributed by atoms with Gasteiger partial charge in [-0.3, -0.25) is 14.2 Å². The molecule has 0 fully saturated rings. The SMILES string of the molecule is O=C(Cn1c(=O)n(-c2cccc(Cl)c2)c(=O)c2ccccc21)c1ccccc1. The van der Waals surface area contributed by atoms with Crippen molar-refractivity contribution in [1.29, 1.82) is 0 Å². The van der Waals surface area contributed by atoms with Crippen molar-refractivity contribution in [1.82, 2.24) is 9.13 Å². The lowest BCUT2D eigenvalue weighted by molar-refractivity contribution is 0.0971. The lowest BCUT2D eigenvalue weighted by Gasteiger charge is -2.14. The summed E-state index contributed by atoms with van der Waals surface area (Å²) >= 11 is 6.04. The quantitative estimate of drug-likeness (QED) is 0.499. The Kier molecular flexibility index (Phi) is 4.67. The number of halogens is 1. The molecule has 5 nitrogen and oxygen atoms in total. The number of carbonyl (C=O) groups is 1. The van der Waals surface area contributed by atoms with Crippen molar-refractivity contribution < 1.29 is 4.79 Å². The maximum absolute atomic E-state index is 13.2. The van der Waals surface area contributed by atoms with Gasteiger partial charge >= 0.3 is 5.69 Å². The maximum atomic E-state index is 13.2. The number of aromatic nitrogens is 2. The molecule has 0 unspecified atom stereocenters. The van der Waals surface area contributed by atoms with Gasteiger partial charge in [0.2, 0.25) is 0 Å². The molecular weight excluding hydrogens is 376 g/mol. The molecule has 0 amide bonds. The molecule has 1 aromatic heterocycles.